The van der Waals surface area contributed by atoms with Gasteiger partial charge in [-0.3, -0.25) is 0 Å². The Kier molecular flexibility index (Phi) is 4.90. The Hall–Kier alpha value is -2.38. The van der Waals surface area contributed by atoms with Gasteiger partial charge in [0.25, 0.3) is 0 Å². The first-order valence-corrected chi connectivity index (χ1v) is 10.2. The van der Waals surface area contributed by atoms with Gasteiger partial charge in [0.1, 0.15) is 0 Å². The van der Waals surface area contributed by atoms with Crippen LogP contribution < -0.4 is 0 Å². The summed E-state index contributed by atoms with van der Waals surface area (Å²) in [5.74, 6) is 2.47. The Bertz CT molecular complexity index is 1000. The Morgan fingerprint density at radius 2 is 2.12 bits per heavy atom. The maximum absolute atomic E-state index is 5.41. The van der Waals surface area contributed by atoms with E-state index in [0.717, 1.165) is 45.3 Å². The number of aryl methyl sites for hydroxylation is 1. The molecule has 3 heterocycles. The van der Waals surface area contributed by atoms with E-state index in [1.165, 1.54) is 5.56 Å². The van der Waals surface area contributed by atoms with Crippen molar-refractivity contribution < 1.29 is 4.42 Å². The van der Waals surface area contributed by atoms with Crippen LogP contribution in [0.4, 0.5) is 0 Å². The molecule has 0 N–H and O–H groups in total. The van der Waals surface area contributed by atoms with E-state index in [1.807, 2.05) is 12.1 Å². The number of furan rings is 1. The summed E-state index contributed by atoms with van der Waals surface area (Å²) < 4.78 is 7.56. The number of thiazole rings is 1. The second kappa shape index (κ2) is 7.47. The fourth-order valence-electron chi connectivity index (χ4n) is 2.70. The van der Waals surface area contributed by atoms with Crippen LogP contribution in [-0.2, 0) is 12.3 Å². The number of rotatable bonds is 6. The number of hydrogen-bond acceptors (Lipinski definition) is 6. The molecule has 1 aromatic carbocycles. The van der Waals surface area contributed by atoms with Crippen molar-refractivity contribution in [1.82, 2.24) is 19.7 Å². The van der Waals surface area contributed by atoms with E-state index >= 15 is 0 Å². The number of hydrogen-bond donors (Lipinski definition) is 0. The van der Waals surface area contributed by atoms with Crippen LogP contribution in [-0.4, -0.2) is 19.7 Å². The van der Waals surface area contributed by atoms with Gasteiger partial charge in [-0.1, -0.05) is 35.5 Å². The smallest absolute Gasteiger partial charge is 0.191 e. The molecule has 0 radical (unpaired) electrons. The number of thioether (sulfide) groups is 1. The lowest BCUT2D eigenvalue weighted by Crippen LogP contribution is -2.00. The van der Waals surface area contributed by atoms with E-state index in [2.05, 4.69) is 63.2 Å². The van der Waals surface area contributed by atoms with E-state index in [4.69, 9.17) is 4.42 Å². The van der Waals surface area contributed by atoms with Crippen molar-refractivity contribution in [1.29, 1.82) is 0 Å². The molecule has 0 unspecified atom stereocenters. The van der Waals surface area contributed by atoms with Gasteiger partial charge in [0.15, 0.2) is 21.7 Å². The molecule has 0 spiro atoms. The summed E-state index contributed by atoms with van der Waals surface area (Å²) in [6, 6.07) is 12.2. The molecular weight excluding hydrogens is 364 g/mol. The van der Waals surface area contributed by atoms with E-state index in [-0.39, 0.29) is 0 Å². The van der Waals surface area contributed by atoms with E-state index in [1.54, 1.807) is 29.4 Å². The normalized spacial score (nSPS) is 11.2. The molecule has 0 saturated heterocycles. The molecule has 4 aromatic rings. The lowest BCUT2D eigenvalue weighted by Gasteiger charge is -2.07. The largest absolute Gasteiger partial charge is 0.462 e. The van der Waals surface area contributed by atoms with Crippen LogP contribution in [0.25, 0.3) is 22.2 Å². The van der Waals surface area contributed by atoms with Gasteiger partial charge in [0, 0.05) is 23.2 Å². The average Bonchev–Trinajstić information content (AvgIpc) is 3.38. The summed E-state index contributed by atoms with van der Waals surface area (Å²) >= 11 is 3.25. The van der Waals surface area contributed by atoms with Crippen molar-refractivity contribution >= 4 is 23.1 Å². The van der Waals surface area contributed by atoms with Crippen molar-refractivity contribution in [2.24, 2.45) is 0 Å². The van der Waals surface area contributed by atoms with Crippen LogP contribution in [0.3, 0.4) is 0 Å². The molecule has 0 aliphatic carbocycles. The third-order valence-electron chi connectivity index (χ3n) is 3.94. The third-order valence-corrected chi connectivity index (χ3v) is 5.85. The molecule has 0 amide bonds. The van der Waals surface area contributed by atoms with Crippen LogP contribution in [0, 0.1) is 6.92 Å². The Balaban J connectivity index is 1.52. The highest BCUT2D eigenvalue weighted by Crippen LogP contribution is 2.29. The van der Waals surface area contributed by atoms with Gasteiger partial charge in [-0.15, -0.1) is 21.5 Å². The molecular formula is C19H18N4OS2. The highest BCUT2D eigenvalue weighted by molar-refractivity contribution is 7.98. The van der Waals surface area contributed by atoms with Crippen LogP contribution in [0.1, 0.15) is 18.2 Å². The highest BCUT2D eigenvalue weighted by atomic mass is 32.2. The molecule has 0 aliphatic heterocycles. The van der Waals surface area contributed by atoms with Crippen LogP contribution in [0.15, 0.2) is 57.6 Å². The van der Waals surface area contributed by atoms with Crippen molar-refractivity contribution in [3.63, 3.8) is 0 Å². The number of nitrogens with zero attached hydrogens (tertiary/aromatic N) is 4. The van der Waals surface area contributed by atoms with Gasteiger partial charge >= 0.3 is 0 Å². The molecule has 0 fully saturated rings. The van der Waals surface area contributed by atoms with Crippen LogP contribution >= 0.6 is 23.1 Å². The van der Waals surface area contributed by atoms with Crippen molar-refractivity contribution in [2.45, 2.75) is 31.3 Å². The molecule has 0 saturated carbocycles. The number of aromatic nitrogens is 4. The summed E-state index contributed by atoms with van der Waals surface area (Å²) in [7, 11) is 0. The zero-order chi connectivity index (χ0) is 17.9. The van der Waals surface area contributed by atoms with Gasteiger partial charge in [-0.2, -0.15) is 0 Å². The molecule has 26 heavy (non-hydrogen) atoms. The second-order valence-electron chi connectivity index (χ2n) is 5.83. The predicted molar refractivity (Wildman–Crippen MR) is 105 cm³/mol. The van der Waals surface area contributed by atoms with Gasteiger partial charge in [-0.25, -0.2) is 4.98 Å². The molecule has 0 atom stereocenters. The quantitative estimate of drug-likeness (QED) is 0.425. The first kappa shape index (κ1) is 17.1. The molecule has 4 rings (SSSR count). The lowest BCUT2D eigenvalue weighted by atomic mass is 10.1. The van der Waals surface area contributed by atoms with Gasteiger partial charge in [-0.05, 0) is 32.0 Å². The minimum atomic E-state index is 0.753. The molecule has 3 aromatic heterocycles. The monoisotopic (exact) mass is 382 g/mol. The summed E-state index contributed by atoms with van der Waals surface area (Å²) in [4.78, 5) is 4.65. The maximum atomic E-state index is 5.41. The van der Waals surface area contributed by atoms with E-state index in [0.29, 0.717) is 0 Å². The average molecular weight is 383 g/mol. The Labute approximate surface area is 160 Å². The fraction of sp³-hybridized carbons (Fsp3) is 0.211. The minimum Gasteiger partial charge on any atom is -0.462 e. The van der Waals surface area contributed by atoms with Crippen molar-refractivity contribution in [3.05, 3.63) is 59.3 Å². The summed E-state index contributed by atoms with van der Waals surface area (Å²) in [5.41, 5.74) is 3.34. The predicted octanol–water partition coefficient (Wildman–Crippen LogP) is 5.28. The van der Waals surface area contributed by atoms with Crippen LogP contribution in [0.5, 0.6) is 0 Å². The van der Waals surface area contributed by atoms with Gasteiger partial charge in [0.05, 0.1) is 12.0 Å². The van der Waals surface area contributed by atoms with Crippen molar-refractivity contribution in [3.8, 4) is 22.2 Å². The summed E-state index contributed by atoms with van der Waals surface area (Å²) in [5, 5.41) is 12.7. The molecule has 7 heteroatoms. The molecule has 5 nitrogen and oxygen atoms in total. The lowest BCUT2D eigenvalue weighted by molar-refractivity contribution is 0.581. The van der Waals surface area contributed by atoms with Crippen molar-refractivity contribution in [2.75, 3.05) is 0 Å². The molecule has 0 bridgehead atoms. The topological polar surface area (TPSA) is 56.7 Å². The first-order chi connectivity index (χ1) is 12.7. The van der Waals surface area contributed by atoms with Crippen LogP contribution in [0.2, 0.25) is 0 Å². The summed E-state index contributed by atoms with van der Waals surface area (Å²) in [6.45, 7) is 5.03. The van der Waals surface area contributed by atoms with E-state index < -0.39 is 0 Å². The minimum absolute atomic E-state index is 0.753. The standard InChI is InChI=1S/C19H18N4OS2/c1-3-23-17(14-7-4-6-13(2)10-14)21-22-19(23)26-12-15-11-25-18(20-15)16-8-5-9-24-16/h4-11H,3,12H2,1-2H3. The fourth-order valence-corrected chi connectivity index (χ4v) is 4.49. The second-order valence-corrected chi connectivity index (χ2v) is 7.63. The zero-order valence-electron chi connectivity index (χ0n) is 14.5. The highest BCUT2D eigenvalue weighted by Gasteiger charge is 2.14. The molecule has 132 valence electrons. The zero-order valence-corrected chi connectivity index (χ0v) is 16.2. The Morgan fingerprint density at radius 1 is 1.19 bits per heavy atom. The Morgan fingerprint density at radius 3 is 2.88 bits per heavy atom. The van der Waals surface area contributed by atoms with Gasteiger partial charge in [0.2, 0.25) is 0 Å². The SMILES string of the molecule is CCn1c(SCc2csc(-c3ccco3)n2)nnc1-c1cccc(C)c1. The third kappa shape index (κ3) is 3.45. The summed E-state index contributed by atoms with van der Waals surface area (Å²) in [6.07, 6.45) is 1.67. The molecule has 0 aliphatic rings. The van der Waals surface area contributed by atoms with E-state index in [9.17, 15) is 0 Å². The maximum Gasteiger partial charge on any atom is 0.191 e. The number of benzene rings is 1. The first-order valence-electron chi connectivity index (χ1n) is 8.36. The van der Waals surface area contributed by atoms with Gasteiger partial charge < -0.3 is 8.98 Å².